The minimum atomic E-state index is -0.811. The number of fused-ring (bicyclic) bond motifs is 5. The first-order valence-corrected chi connectivity index (χ1v) is 21.8. The molecular formula is C44H75N5O6. The molecule has 4 aliphatic rings. The number of carbonyl (C=O) groups is 2. The van der Waals surface area contributed by atoms with Gasteiger partial charge in [0.1, 0.15) is 11.8 Å². The number of phenols is 1. The predicted octanol–water partition coefficient (Wildman–Crippen LogP) is 4.27. The third kappa shape index (κ3) is 10.6. The van der Waals surface area contributed by atoms with Crippen molar-refractivity contribution in [3.05, 3.63) is 29.8 Å². The average Bonchev–Trinajstić information content (AvgIpc) is 3.53. The van der Waals surface area contributed by atoms with Crippen LogP contribution >= 0.6 is 0 Å². The van der Waals surface area contributed by atoms with Gasteiger partial charge in [0.05, 0.1) is 19.3 Å². The number of aliphatic hydroxyl groups excluding tert-OH is 2. The van der Waals surface area contributed by atoms with Crippen molar-refractivity contribution < 1.29 is 29.6 Å². The monoisotopic (exact) mass is 770 g/mol. The lowest BCUT2D eigenvalue weighted by Crippen LogP contribution is -2.62. The van der Waals surface area contributed by atoms with E-state index in [4.69, 9.17) is 10.5 Å². The number of ether oxygens (including phenoxy) is 1. The lowest BCUT2D eigenvalue weighted by molar-refractivity contribution is -0.202. The van der Waals surface area contributed by atoms with Crippen LogP contribution < -0.4 is 27.0 Å². The zero-order valence-electron chi connectivity index (χ0n) is 34.4. The Labute approximate surface area is 331 Å². The van der Waals surface area contributed by atoms with Crippen LogP contribution in [0.3, 0.4) is 0 Å². The van der Waals surface area contributed by atoms with Crippen LogP contribution in [0.5, 0.6) is 5.75 Å². The molecule has 1 aromatic rings. The predicted molar refractivity (Wildman–Crippen MR) is 217 cm³/mol. The number of esters is 1. The highest BCUT2D eigenvalue weighted by atomic mass is 16.5. The molecule has 1 amide bonds. The van der Waals surface area contributed by atoms with E-state index in [9.17, 15) is 24.9 Å². The summed E-state index contributed by atoms with van der Waals surface area (Å²) >= 11 is 0. The van der Waals surface area contributed by atoms with Gasteiger partial charge in [0.15, 0.2) is 0 Å². The van der Waals surface area contributed by atoms with Crippen LogP contribution in [0.1, 0.15) is 110 Å². The van der Waals surface area contributed by atoms with E-state index in [-0.39, 0.29) is 65.1 Å². The Balaban J connectivity index is 1.08. The molecule has 0 radical (unpaired) electrons. The summed E-state index contributed by atoms with van der Waals surface area (Å²) in [6.07, 6.45) is 12.0. The standard InChI is InChI=1S/C44H75N5O6/c1-29(9-16-40(53)49-37(42(54)55-4)25-30-10-12-33(50)13-11-30)34-14-15-35-41-36(28-39(52)44(34,35)3)43(2)18-17-32(26-31(43)27-38(41)51)48-24-8-23-47-21-6-5-20-46-22-7-19-45/h10-13,29,31-32,34-39,41,46-48,50-52H,5-9,14-28,45H2,1-4H3,(H,49,53)/t29-,31+,32+,34-,35+,36+,37+,38-,39+,41+,43+,44-/m1/s1. The van der Waals surface area contributed by atoms with E-state index in [0.29, 0.717) is 24.3 Å². The second-order valence-electron chi connectivity index (χ2n) is 18.3. The maximum absolute atomic E-state index is 13.2. The molecule has 0 aliphatic heterocycles. The number of nitrogens with two attached hydrogens (primary N) is 1. The number of hydrogen-bond acceptors (Lipinski definition) is 10. The Morgan fingerprint density at radius 3 is 2.29 bits per heavy atom. The zero-order chi connectivity index (χ0) is 39.6. The van der Waals surface area contributed by atoms with Gasteiger partial charge in [-0.3, -0.25) is 4.79 Å². The van der Waals surface area contributed by atoms with E-state index in [0.717, 1.165) is 103 Å². The lowest BCUT2D eigenvalue weighted by atomic mass is 9.43. The number of phenolic OH excluding ortho intramolecular Hbond substituents is 1. The molecule has 0 heterocycles. The fourth-order valence-corrected chi connectivity index (χ4v) is 11.9. The van der Waals surface area contributed by atoms with Crippen molar-refractivity contribution >= 4 is 11.9 Å². The number of aliphatic hydroxyl groups is 2. The summed E-state index contributed by atoms with van der Waals surface area (Å²) in [4.78, 5) is 25.7. The number of nitrogens with one attached hydrogen (secondary N) is 4. The van der Waals surface area contributed by atoms with Crippen LogP contribution in [0.2, 0.25) is 0 Å². The number of aromatic hydroxyl groups is 1. The Kier molecular flexibility index (Phi) is 16.3. The van der Waals surface area contributed by atoms with E-state index in [2.05, 4.69) is 42.0 Å². The molecule has 5 rings (SSSR count). The Hall–Kier alpha value is -2.28. The summed E-state index contributed by atoms with van der Waals surface area (Å²) < 4.78 is 4.98. The number of benzene rings is 1. The van der Waals surface area contributed by atoms with E-state index < -0.39 is 18.1 Å². The molecule has 55 heavy (non-hydrogen) atoms. The van der Waals surface area contributed by atoms with Gasteiger partial charge in [0.25, 0.3) is 0 Å². The molecule has 4 fully saturated rings. The smallest absolute Gasteiger partial charge is 0.328 e. The summed E-state index contributed by atoms with van der Waals surface area (Å²) in [6, 6.07) is 6.28. The highest BCUT2D eigenvalue weighted by molar-refractivity contribution is 5.84. The molecule has 0 spiro atoms. The molecule has 11 heteroatoms. The van der Waals surface area contributed by atoms with E-state index in [1.54, 1.807) is 24.3 Å². The molecular weight excluding hydrogens is 695 g/mol. The minimum absolute atomic E-state index is 0.128. The molecule has 12 atom stereocenters. The Bertz CT molecular complexity index is 1350. The van der Waals surface area contributed by atoms with E-state index >= 15 is 0 Å². The Morgan fingerprint density at radius 1 is 0.909 bits per heavy atom. The summed E-state index contributed by atoms with van der Waals surface area (Å²) in [7, 11) is 1.32. The van der Waals surface area contributed by atoms with Gasteiger partial charge in [-0.2, -0.15) is 0 Å². The first-order chi connectivity index (χ1) is 26.4. The molecule has 0 aromatic heterocycles. The highest BCUT2D eigenvalue weighted by Crippen LogP contribution is 2.68. The van der Waals surface area contributed by atoms with Gasteiger partial charge < -0.3 is 47.1 Å². The second kappa shape index (κ2) is 20.4. The molecule has 1 aromatic carbocycles. The number of unbranched alkanes of at least 4 members (excludes halogenated alkanes) is 1. The SMILES string of the molecule is COC(=O)[C@H](Cc1ccc(O)cc1)NC(=O)CC[C@@H](C)[C@H]1CC[C@H]2[C@@H]3[C@H](O)C[C@@H]4C[C@@H](NCCCNCCCCNCCCN)CC[C@]4(C)[C@H]3C[C@H](O)[C@]12C. The zero-order valence-corrected chi connectivity index (χ0v) is 34.4. The van der Waals surface area contributed by atoms with Gasteiger partial charge in [-0.25, -0.2) is 4.79 Å². The Morgan fingerprint density at radius 2 is 1.60 bits per heavy atom. The van der Waals surface area contributed by atoms with E-state index in [1.807, 2.05) is 0 Å². The first-order valence-electron chi connectivity index (χ1n) is 21.8. The van der Waals surface area contributed by atoms with Gasteiger partial charge in [-0.15, -0.1) is 0 Å². The fourth-order valence-electron chi connectivity index (χ4n) is 11.9. The fraction of sp³-hybridized carbons (Fsp3) is 0.818. The maximum Gasteiger partial charge on any atom is 0.328 e. The van der Waals surface area contributed by atoms with Gasteiger partial charge in [-0.1, -0.05) is 32.9 Å². The van der Waals surface area contributed by atoms with Crippen LogP contribution in [0.4, 0.5) is 0 Å². The summed E-state index contributed by atoms with van der Waals surface area (Å²) in [5.41, 5.74) is 6.19. The van der Waals surface area contributed by atoms with Gasteiger partial charge in [0.2, 0.25) is 5.91 Å². The first kappa shape index (κ1) is 43.8. The average molecular weight is 770 g/mol. The number of rotatable bonds is 21. The molecule has 4 saturated carbocycles. The third-order valence-electron chi connectivity index (χ3n) is 15.1. The van der Waals surface area contributed by atoms with Crippen LogP contribution in [-0.4, -0.2) is 97.9 Å². The number of methoxy groups -OCH3 is 1. The van der Waals surface area contributed by atoms with Gasteiger partial charge >= 0.3 is 5.97 Å². The maximum atomic E-state index is 13.2. The van der Waals surface area contributed by atoms with Crippen LogP contribution in [0, 0.1) is 46.3 Å². The molecule has 0 saturated heterocycles. The minimum Gasteiger partial charge on any atom is -0.508 e. The van der Waals surface area contributed by atoms with Crippen molar-refractivity contribution in [3.63, 3.8) is 0 Å². The van der Waals surface area contributed by atoms with Crippen molar-refractivity contribution in [2.24, 2.45) is 52.1 Å². The van der Waals surface area contributed by atoms with Crippen LogP contribution in [0.25, 0.3) is 0 Å². The molecule has 312 valence electrons. The summed E-state index contributed by atoms with van der Waals surface area (Å²) in [5, 5.41) is 47.4. The van der Waals surface area contributed by atoms with Gasteiger partial charge in [-0.05, 0) is 180 Å². The van der Waals surface area contributed by atoms with Crippen molar-refractivity contribution in [2.75, 3.05) is 46.4 Å². The van der Waals surface area contributed by atoms with Crippen molar-refractivity contribution in [1.29, 1.82) is 0 Å². The summed E-state index contributed by atoms with van der Waals surface area (Å²) in [5.74, 6) is 1.15. The number of carbonyl (C=O) groups excluding carboxylic acids is 2. The van der Waals surface area contributed by atoms with E-state index in [1.165, 1.54) is 20.0 Å². The topological polar surface area (TPSA) is 178 Å². The molecule has 9 N–H and O–H groups in total. The highest BCUT2D eigenvalue weighted by Gasteiger charge is 2.65. The van der Waals surface area contributed by atoms with Crippen molar-refractivity contribution in [1.82, 2.24) is 21.3 Å². The van der Waals surface area contributed by atoms with Crippen LogP contribution in [0.15, 0.2) is 24.3 Å². The number of hydrogen-bond donors (Lipinski definition) is 8. The molecule has 0 bridgehead atoms. The second-order valence-corrected chi connectivity index (χ2v) is 18.3. The third-order valence-corrected chi connectivity index (χ3v) is 15.1. The number of amides is 1. The molecule has 4 aliphatic carbocycles. The van der Waals surface area contributed by atoms with Crippen LogP contribution in [-0.2, 0) is 20.7 Å². The lowest BCUT2D eigenvalue weighted by Gasteiger charge is -2.63. The quantitative estimate of drug-likeness (QED) is 0.0666. The van der Waals surface area contributed by atoms with Crippen molar-refractivity contribution in [2.45, 2.75) is 135 Å². The summed E-state index contributed by atoms with van der Waals surface area (Å²) in [6.45, 7) is 12.9. The largest absolute Gasteiger partial charge is 0.508 e. The normalized spacial score (nSPS) is 33.9. The molecule has 0 unspecified atom stereocenters. The van der Waals surface area contributed by atoms with Gasteiger partial charge in [0, 0.05) is 18.9 Å². The van der Waals surface area contributed by atoms with Crippen molar-refractivity contribution in [3.8, 4) is 5.75 Å². The molecule has 11 nitrogen and oxygen atoms in total.